The van der Waals surface area contributed by atoms with Gasteiger partial charge < -0.3 is 5.32 Å². The van der Waals surface area contributed by atoms with Crippen LogP contribution in [0.5, 0.6) is 0 Å². The molecule has 2 N–H and O–H groups in total. The van der Waals surface area contributed by atoms with Gasteiger partial charge in [-0.1, -0.05) is 24.3 Å². The standard InChI is InChI=1S/C17H16N4O/c22-17(13-6-8-15-16(10-13)20-21-19-15)18-14-7-5-11-3-1-2-4-12(11)9-14/h1-4,6,8,10,14H,5,7,9H2,(H,18,22)(H,19,20,21)/t14-/m1/s1. The van der Waals surface area contributed by atoms with Crippen LogP contribution in [0, 0.1) is 0 Å². The summed E-state index contributed by atoms with van der Waals surface area (Å²) in [5.74, 6) is -0.0470. The summed E-state index contributed by atoms with van der Waals surface area (Å²) in [4.78, 5) is 12.4. The molecule has 1 aliphatic rings. The van der Waals surface area contributed by atoms with Gasteiger partial charge in [-0.2, -0.15) is 15.4 Å². The van der Waals surface area contributed by atoms with E-state index in [1.54, 1.807) is 12.1 Å². The second-order valence-electron chi connectivity index (χ2n) is 5.71. The van der Waals surface area contributed by atoms with Gasteiger partial charge in [-0.15, -0.1) is 0 Å². The monoisotopic (exact) mass is 292 g/mol. The van der Waals surface area contributed by atoms with E-state index in [-0.39, 0.29) is 11.9 Å². The van der Waals surface area contributed by atoms with Crippen LogP contribution < -0.4 is 5.32 Å². The highest BCUT2D eigenvalue weighted by molar-refractivity contribution is 5.97. The van der Waals surface area contributed by atoms with E-state index in [2.05, 4.69) is 45.0 Å². The summed E-state index contributed by atoms with van der Waals surface area (Å²) in [6, 6.07) is 14.0. The van der Waals surface area contributed by atoms with Gasteiger partial charge in [-0.3, -0.25) is 4.79 Å². The van der Waals surface area contributed by atoms with E-state index in [1.165, 1.54) is 11.1 Å². The van der Waals surface area contributed by atoms with Gasteiger partial charge in [-0.05, 0) is 48.6 Å². The number of aromatic nitrogens is 3. The second kappa shape index (κ2) is 5.26. The zero-order valence-corrected chi connectivity index (χ0v) is 12.0. The van der Waals surface area contributed by atoms with Crippen molar-refractivity contribution in [2.75, 3.05) is 0 Å². The maximum absolute atomic E-state index is 12.4. The van der Waals surface area contributed by atoms with Crippen molar-refractivity contribution in [3.05, 3.63) is 59.2 Å². The van der Waals surface area contributed by atoms with Crippen LogP contribution >= 0.6 is 0 Å². The second-order valence-corrected chi connectivity index (χ2v) is 5.71. The summed E-state index contributed by atoms with van der Waals surface area (Å²) >= 11 is 0. The highest BCUT2D eigenvalue weighted by atomic mass is 16.1. The lowest BCUT2D eigenvalue weighted by Crippen LogP contribution is -2.38. The number of hydrogen-bond donors (Lipinski definition) is 2. The van der Waals surface area contributed by atoms with Crippen molar-refractivity contribution < 1.29 is 4.79 Å². The molecule has 0 spiro atoms. The minimum absolute atomic E-state index is 0.0470. The van der Waals surface area contributed by atoms with Crippen LogP contribution in [0.25, 0.3) is 11.0 Å². The molecule has 0 fully saturated rings. The van der Waals surface area contributed by atoms with E-state index in [9.17, 15) is 4.79 Å². The number of nitrogens with one attached hydrogen (secondary N) is 2. The zero-order chi connectivity index (χ0) is 14.9. The number of aromatic amines is 1. The Labute approximate surface area is 127 Å². The molecule has 3 aromatic rings. The number of H-pyrrole nitrogens is 1. The molecule has 5 nitrogen and oxygen atoms in total. The molecule has 0 radical (unpaired) electrons. The number of benzene rings is 2. The summed E-state index contributed by atoms with van der Waals surface area (Å²) in [5.41, 5.74) is 4.84. The lowest BCUT2D eigenvalue weighted by Gasteiger charge is -2.25. The summed E-state index contributed by atoms with van der Waals surface area (Å²) in [5, 5.41) is 13.7. The molecule has 0 saturated carbocycles. The van der Waals surface area contributed by atoms with Gasteiger partial charge in [0.1, 0.15) is 11.0 Å². The van der Waals surface area contributed by atoms with Gasteiger partial charge in [0.05, 0.1) is 0 Å². The first-order valence-corrected chi connectivity index (χ1v) is 7.48. The third-order valence-electron chi connectivity index (χ3n) is 4.26. The van der Waals surface area contributed by atoms with Crippen LogP contribution in [0.3, 0.4) is 0 Å². The molecule has 5 heteroatoms. The number of amides is 1. The molecular formula is C17H16N4O. The molecule has 4 rings (SSSR count). The van der Waals surface area contributed by atoms with Crippen LogP contribution in [-0.2, 0) is 12.8 Å². The SMILES string of the molecule is O=C(N[C@@H]1CCc2ccccc2C1)c1ccc2n[nH]nc2c1. The van der Waals surface area contributed by atoms with Crippen molar-refractivity contribution >= 4 is 16.9 Å². The first-order valence-electron chi connectivity index (χ1n) is 7.48. The molecule has 1 aromatic heterocycles. The molecule has 0 unspecified atom stereocenters. The molecule has 0 bridgehead atoms. The summed E-state index contributed by atoms with van der Waals surface area (Å²) in [7, 11) is 0. The molecule has 1 atom stereocenters. The fourth-order valence-electron chi connectivity index (χ4n) is 3.07. The van der Waals surface area contributed by atoms with Crippen LogP contribution in [-0.4, -0.2) is 27.4 Å². The Balaban J connectivity index is 1.50. The van der Waals surface area contributed by atoms with Gasteiger partial charge in [0, 0.05) is 11.6 Å². The fraction of sp³-hybridized carbons (Fsp3) is 0.235. The first-order chi connectivity index (χ1) is 10.8. The number of carbonyl (C=O) groups is 1. The quantitative estimate of drug-likeness (QED) is 0.761. The summed E-state index contributed by atoms with van der Waals surface area (Å²) in [6.45, 7) is 0. The Kier molecular flexibility index (Phi) is 3.11. The van der Waals surface area contributed by atoms with Crippen LogP contribution in [0.1, 0.15) is 27.9 Å². The van der Waals surface area contributed by atoms with Gasteiger partial charge in [0.25, 0.3) is 5.91 Å². The molecule has 1 aliphatic carbocycles. The zero-order valence-electron chi connectivity index (χ0n) is 12.0. The van der Waals surface area contributed by atoms with Gasteiger partial charge in [0.2, 0.25) is 0 Å². The van der Waals surface area contributed by atoms with Crippen LogP contribution in [0.4, 0.5) is 0 Å². The summed E-state index contributed by atoms with van der Waals surface area (Å²) < 4.78 is 0. The van der Waals surface area contributed by atoms with Gasteiger partial charge >= 0.3 is 0 Å². The van der Waals surface area contributed by atoms with E-state index in [4.69, 9.17) is 0 Å². The molecular weight excluding hydrogens is 276 g/mol. The minimum atomic E-state index is -0.0470. The highest BCUT2D eigenvalue weighted by Crippen LogP contribution is 2.21. The lowest BCUT2D eigenvalue weighted by atomic mass is 9.88. The number of carbonyl (C=O) groups excluding carboxylic acids is 1. The molecule has 22 heavy (non-hydrogen) atoms. The van der Waals surface area contributed by atoms with Crippen molar-refractivity contribution in [3.8, 4) is 0 Å². The average Bonchev–Trinajstić information content (AvgIpc) is 3.02. The maximum atomic E-state index is 12.4. The van der Waals surface area contributed by atoms with Crippen LogP contribution in [0.15, 0.2) is 42.5 Å². The Morgan fingerprint density at radius 2 is 1.91 bits per heavy atom. The predicted octanol–water partition coefficient (Wildman–Crippen LogP) is 2.25. The van der Waals surface area contributed by atoms with Crippen molar-refractivity contribution in [1.29, 1.82) is 0 Å². The molecule has 0 aliphatic heterocycles. The normalized spacial score (nSPS) is 17.2. The topological polar surface area (TPSA) is 70.7 Å². The number of nitrogens with zero attached hydrogens (tertiary/aromatic N) is 2. The van der Waals surface area contributed by atoms with Crippen molar-refractivity contribution in [1.82, 2.24) is 20.7 Å². The number of rotatable bonds is 2. The highest BCUT2D eigenvalue weighted by Gasteiger charge is 2.20. The average molecular weight is 292 g/mol. The van der Waals surface area contributed by atoms with E-state index < -0.39 is 0 Å². The fourth-order valence-corrected chi connectivity index (χ4v) is 3.07. The molecule has 110 valence electrons. The van der Waals surface area contributed by atoms with E-state index in [0.717, 1.165) is 24.8 Å². The van der Waals surface area contributed by atoms with Crippen molar-refractivity contribution in [2.24, 2.45) is 0 Å². The Bertz CT molecular complexity index is 839. The number of fused-ring (bicyclic) bond motifs is 2. The summed E-state index contributed by atoms with van der Waals surface area (Å²) in [6.07, 6.45) is 2.90. The number of aryl methyl sites for hydroxylation is 1. The predicted molar refractivity (Wildman–Crippen MR) is 83.6 cm³/mol. The first kappa shape index (κ1) is 13.0. The van der Waals surface area contributed by atoms with E-state index >= 15 is 0 Å². The van der Waals surface area contributed by atoms with Crippen LogP contribution in [0.2, 0.25) is 0 Å². The number of hydrogen-bond acceptors (Lipinski definition) is 3. The van der Waals surface area contributed by atoms with Gasteiger partial charge in [0.15, 0.2) is 0 Å². The molecule has 1 heterocycles. The Morgan fingerprint density at radius 3 is 2.82 bits per heavy atom. The third-order valence-corrected chi connectivity index (χ3v) is 4.26. The lowest BCUT2D eigenvalue weighted by molar-refractivity contribution is 0.0934. The largest absolute Gasteiger partial charge is 0.349 e. The maximum Gasteiger partial charge on any atom is 0.251 e. The molecule has 2 aromatic carbocycles. The smallest absolute Gasteiger partial charge is 0.251 e. The Hall–Kier alpha value is -2.69. The van der Waals surface area contributed by atoms with Crippen molar-refractivity contribution in [2.45, 2.75) is 25.3 Å². The minimum Gasteiger partial charge on any atom is -0.349 e. The van der Waals surface area contributed by atoms with Gasteiger partial charge in [-0.25, -0.2) is 0 Å². The molecule has 0 saturated heterocycles. The third kappa shape index (κ3) is 2.35. The Morgan fingerprint density at radius 1 is 1.09 bits per heavy atom. The molecule has 1 amide bonds. The van der Waals surface area contributed by atoms with E-state index in [0.29, 0.717) is 11.1 Å². The van der Waals surface area contributed by atoms with Crippen molar-refractivity contribution in [3.63, 3.8) is 0 Å². The van der Waals surface area contributed by atoms with E-state index in [1.807, 2.05) is 6.07 Å².